The van der Waals surface area contributed by atoms with Crippen LogP contribution in [0.15, 0.2) is 30.3 Å². The van der Waals surface area contributed by atoms with Crippen molar-refractivity contribution in [3.8, 4) is 5.75 Å². The molecule has 1 N–H and O–H groups in total. The van der Waals surface area contributed by atoms with E-state index < -0.39 is 0 Å². The third kappa shape index (κ3) is 9.90. The molecule has 0 bridgehead atoms. The van der Waals surface area contributed by atoms with E-state index in [1.54, 1.807) is 24.3 Å². The number of benzene rings is 1. The molecule has 0 spiro atoms. The smallest absolute Gasteiger partial charge is 0.508 e. The van der Waals surface area contributed by atoms with E-state index in [1.165, 1.54) is 0 Å². The number of phenols is 1. The van der Waals surface area contributed by atoms with Gasteiger partial charge in [0.1, 0.15) is 5.75 Å². The summed E-state index contributed by atoms with van der Waals surface area (Å²) in [5, 5.41) is 8.63. The van der Waals surface area contributed by atoms with Crippen LogP contribution in [-0.2, 0) is 26.2 Å². The summed E-state index contributed by atoms with van der Waals surface area (Å²) in [6, 6.07) is 8.71. The van der Waals surface area contributed by atoms with E-state index in [1.807, 2.05) is 6.07 Å². The first kappa shape index (κ1) is 22.4. The van der Waals surface area contributed by atoms with E-state index in [4.69, 9.17) is 5.11 Å². The molecule has 0 aliphatic carbocycles. The maximum absolute atomic E-state index is 8.63. The van der Waals surface area contributed by atoms with Gasteiger partial charge in [-0.05, 0) is 12.1 Å². The van der Waals surface area contributed by atoms with Gasteiger partial charge >= 0.3 is 26.2 Å². The molecule has 0 saturated heterocycles. The molecular formula is C9H15OZr. The average Bonchev–Trinajstić information content (AvgIpc) is 1.69. The van der Waals surface area contributed by atoms with Crippen LogP contribution in [0.25, 0.3) is 0 Å². The van der Waals surface area contributed by atoms with E-state index in [-0.39, 0.29) is 48.5 Å². The zero-order valence-corrected chi connectivity index (χ0v) is 9.79. The number of hydrogen-bond acceptors (Lipinski definition) is 1. The second kappa shape index (κ2) is 12.6. The second-order valence-corrected chi connectivity index (χ2v) is 1.34. The summed E-state index contributed by atoms with van der Waals surface area (Å²) in [6.07, 6.45) is 0. The summed E-state index contributed by atoms with van der Waals surface area (Å²) < 4.78 is 0. The fourth-order valence-corrected chi connectivity index (χ4v) is 0.428. The normalized spacial score (nSPS) is 5.45. The van der Waals surface area contributed by atoms with Crippen molar-refractivity contribution in [1.29, 1.82) is 0 Å². The number of para-hydroxylation sites is 1. The third-order valence-electron chi connectivity index (χ3n) is 0.756. The molecule has 0 fully saturated rings. The molecule has 61 valence electrons. The van der Waals surface area contributed by atoms with Crippen molar-refractivity contribution in [3.05, 3.63) is 52.6 Å². The van der Waals surface area contributed by atoms with Crippen molar-refractivity contribution in [1.82, 2.24) is 0 Å². The van der Waals surface area contributed by atoms with Gasteiger partial charge < -0.3 is 27.4 Å². The predicted molar refractivity (Wildman–Crippen MR) is 47.3 cm³/mol. The largest absolute Gasteiger partial charge is 3.00 e. The zero-order valence-electron chi connectivity index (χ0n) is 7.33. The Morgan fingerprint density at radius 3 is 1.36 bits per heavy atom. The van der Waals surface area contributed by atoms with Gasteiger partial charge in [-0.15, -0.1) is 0 Å². The van der Waals surface area contributed by atoms with Crippen molar-refractivity contribution in [2.24, 2.45) is 0 Å². The van der Waals surface area contributed by atoms with Crippen LogP contribution >= 0.6 is 0 Å². The molecule has 0 saturated carbocycles. The Morgan fingerprint density at radius 2 is 1.18 bits per heavy atom. The van der Waals surface area contributed by atoms with Crippen LogP contribution in [0.1, 0.15) is 0 Å². The Morgan fingerprint density at radius 1 is 0.818 bits per heavy atom. The van der Waals surface area contributed by atoms with Gasteiger partial charge in [-0.25, -0.2) is 0 Å². The van der Waals surface area contributed by atoms with Crippen molar-refractivity contribution < 1.29 is 31.3 Å². The fraction of sp³-hybridized carbons (Fsp3) is 0. The molecule has 0 aliphatic rings. The van der Waals surface area contributed by atoms with Gasteiger partial charge in [0.25, 0.3) is 0 Å². The molecule has 1 radical (unpaired) electrons. The number of phenolic OH excluding ortho intramolecular Hbond substituents is 1. The standard InChI is InChI=1S/C6H6O.3CH3.Zr/c7-6-4-2-1-3-5-6;;;;/h1-5,7H;3*1H3;/q;3*-1;+3. The Kier molecular flexibility index (Phi) is 25.6. The van der Waals surface area contributed by atoms with Gasteiger partial charge in [0.2, 0.25) is 0 Å². The molecule has 0 heterocycles. The molecule has 0 unspecified atom stereocenters. The molecular weight excluding hydrogens is 215 g/mol. The van der Waals surface area contributed by atoms with Gasteiger partial charge in [0, 0.05) is 0 Å². The van der Waals surface area contributed by atoms with E-state index in [9.17, 15) is 0 Å². The van der Waals surface area contributed by atoms with Crippen molar-refractivity contribution >= 4 is 0 Å². The topological polar surface area (TPSA) is 20.2 Å². The summed E-state index contributed by atoms with van der Waals surface area (Å²) in [5.74, 6) is 0.322. The fourth-order valence-electron chi connectivity index (χ4n) is 0.428. The van der Waals surface area contributed by atoms with E-state index in [0.717, 1.165) is 0 Å². The molecule has 0 amide bonds. The third-order valence-corrected chi connectivity index (χ3v) is 0.756. The second-order valence-electron chi connectivity index (χ2n) is 1.34. The average molecular weight is 230 g/mol. The summed E-state index contributed by atoms with van der Waals surface area (Å²) in [6.45, 7) is 0. The molecule has 11 heavy (non-hydrogen) atoms. The van der Waals surface area contributed by atoms with Crippen molar-refractivity contribution in [2.45, 2.75) is 0 Å². The van der Waals surface area contributed by atoms with E-state index in [0.29, 0.717) is 5.75 Å². The molecule has 1 rings (SSSR count). The van der Waals surface area contributed by atoms with Gasteiger partial charge in [0.05, 0.1) is 0 Å². The molecule has 1 aromatic carbocycles. The summed E-state index contributed by atoms with van der Waals surface area (Å²) in [5.41, 5.74) is 0. The monoisotopic (exact) mass is 229 g/mol. The number of aromatic hydroxyl groups is 1. The zero-order chi connectivity index (χ0) is 5.11. The van der Waals surface area contributed by atoms with Gasteiger partial charge in [-0.1, -0.05) is 18.2 Å². The molecule has 0 aliphatic heterocycles. The van der Waals surface area contributed by atoms with Crippen LogP contribution in [0.5, 0.6) is 5.75 Å². The summed E-state index contributed by atoms with van der Waals surface area (Å²) in [4.78, 5) is 0. The van der Waals surface area contributed by atoms with Gasteiger partial charge in [-0.2, -0.15) is 0 Å². The Bertz CT molecular complexity index is 139. The minimum atomic E-state index is 0. The minimum absolute atomic E-state index is 0. The predicted octanol–water partition coefficient (Wildman–Crippen LogP) is 2.74. The first-order valence-electron chi connectivity index (χ1n) is 2.13. The molecule has 1 aromatic rings. The maximum atomic E-state index is 8.63. The van der Waals surface area contributed by atoms with Crippen LogP contribution in [0.3, 0.4) is 0 Å². The first-order chi connectivity index (χ1) is 3.39. The Labute approximate surface area is 89.6 Å². The van der Waals surface area contributed by atoms with E-state index in [2.05, 4.69) is 0 Å². The number of rotatable bonds is 0. The SMILES string of the molecule is Oc1ccccc1.[CH3-].[CH3-].[CH3-].[Zr+3]. The van der Waals surface area contributed by atoms with Crippen LogP contribution in [0.4, 0.5) is 0 Å². The Hall–Kier alpha value is -0.0969. The molecule has 1 nitrogen and oxygen atoms in total. The summed E-state index contributed by atoms with van der Waals surface area (Å²) in [7, 11) is 0. The minimum Gasteiger partial charge on any atom is -0.508 e. The van der Waals surface area contributed by atoms with Crippen LogP contribution in [0, 0.1) is 22.3 Å². The first-order valence-corrected chi connectivity index (χ1v) is 2.13. The van der Waals surface area contributed by atoms with Crippen LogP contribution < -0.4 is 0 Å². The molecule has 2 heteroatoms. The quantitative estimate of drug-likeness (QED) is 0.680. The van der Waals surface area contributed by atoms with Crippen molar-refractivity contribution in [3.63, 3.8) is 0 Å². The van der Waals surface area contributed by atoms with Gasteiger partial charge in [0.15, 0.2) is 0 Å². The van der Waals surface area contributed by atoms with Crippen LogP contribution in [-0.4, -0.2) is 5.11 Å². The number of hydrogen-bond donors (Lipinski definition) is 1. The Balaban J connectivity index is -0.0000000612. The molecule has 0 atom stereocenters. The molecule has 0 aromatic heterocycles. The van der Waals surface area contributed by atoms with Gasteiger partial charge in [-0.3, -0.25) is 0 Å². The van der Waals surface area contributed by atoms with Crippen LogP contribution in [0.2, 0.25) is 0 Å². The van der Waals surface area contributed by atoms with E-state index >= 15 is 0 Å². The maximum Gasteiger partial charge on any atom is 3.00 e. The summed E-state index contributed by atoms with van der Waals surface area (Å²) >= 11 is 0. The van der Waals surface area contributed by atoms with Crippen molar-refractivity contribution in [2.75, 3.05) is 0 Å².